The number of H-pyrrole nitrogens is 1. The Morgan fingerprint density at radius 3 is 2.50 bits per heavy atom. The molecule has 0 aliphatic carbocycles. The molecule has 1 atom stereocenters. The lowest BCUT2D eigenvalue weighted by molar-refractivity contribution is 0.0946. The number of rotatable bonds is 4. The molecule has 0 saturated carbocycles. The minimum atomic E-state index is -0.226. The number of benzene rings is 1. The van der Waals surface area contributed by atoms with E-state index >= 15 is 0 Å². The molecular formula is C16H23ClN4O. The molecule has 0 fully saturated rings. The van der Waals surface area contributed by atoms with Crippen molar-refractivity contribution in [1.29, 1.82) is 0 Å². The number of amides is 1. The monoisotopic (exact) mass is 322 g/mol. The molecule has 0 aliphatic heterocycles. The van der Waals surface area contributed by atoms with Crippen LogP contribution in [0.5, 0.6) is 0 Å². The van der Waals surface area contributed by atoms with E-state index in [9.17, 15) is 4.79 Å². The molecule has 6 heteroatoms. The van der Waals surface area contributed by atoms with Crippen molar-refractivity contribution < 1.29 is 4.79 Å². The van der Waals surface area contributed by atoms with Crippen LogP contribution in [-0.2, 0) is 5.41 Å². The molecule has 1 amide bonds. The Morgan fingerprint density at radius 2 is 1.95 bits per heavy atom. The smallest absolute Gasteiger partial charge is 0.271 e. The number of nitrogens with one attached hydrogen (secondary N) is 2. The van der Waals surface area contributed by atoms with E-state index in [0.717, 1.165) is 11.3 Å². The number of carbonyl (C=O) groups is 1. The van der Waals surface area contributed by atoms with E-state index in [4.69, 9.17) is 5.73 Å². The van der Waals surface area contributed by atoms with Crippen LogP contribution in [0, 0.1) is 0 Å². The molecule has 0 aliphatic rings. The van der Waals surface area contributed by atoms with Crippen molar-refractivity contribution in [1.82, 2.24) is 15.5 Å². The van der Waals surface area contributed by atoms with Crippen molar-refractivity contribution in [2.24, 2.45) is 5.73 Å². The summed E-state index contributed by atoms with van der Waals surface area (Å²) in [5.41, 5.74) is 8.30. The normalized spacial score (nSPS) is 12.4. The molecule has 2 rings (SSSR count). The predicted molar refractivity (Wildman–Crippen MR) is 90.2 cm³/mol. The summed E-state index contributed by atoms with van der Waals surface area (Å²) in [6.45, 7) is 6.56. The number of hydrogen-bond acceptors (Lipinski definition) is 3. The highest BCUT2D eigenvalue weighted by molar-refractivity contribution is 5.92. The molecule has 0 saturated heterocycles. The van der Waals surface area contributed by atoms with E-state index in [-0.39, 0.29) is 29.8 Å². The molecule has 1 unspecified atom stereocenters. The third-order valence-corrected chi connectivity index (χ3v) is 3.33. The van der Waals surface area contributed by atoms with E-state index < -0.39 is 0 Å². The summed E-state index contributed by atoms with van der Waals surface area (Å²) < 4.78 is 0. The lowest BCUT2D eigenvalue weighted by atomic mass is 9.92. The molecule has 120 valence electrons. The topological polar surface area (TPSA) is 83.8 Å². The zero-order valence-corrected chi connectivity index (χ0v) is 13.9. The van der Waals surface area contributed by atoms with Crippen LogP contribution < -0.4 is 11.1 Å². The molecule has 1 aromatic carbocycles. The minimum Gasteiger partial charge on any atom is -0.349 e. The van der Waals surface area contributed by atoms with Gasteiger partial charge in [-0.05, 0) is 11.6 Å². The predicted octanol–water partition coefficient (Wildman–Crippen LogP) is 2.56. The standard InChI is InChI=1S/C16H22N4O.ClH/c1-16(2,3)14-9-13(19-20-14)15(21)18-10-12(17)11-7-5-4-6-8-11;/h4-9,12H,10,17H2,1-3H3,(H,18,21)(H,19,20);1H. The zero-order chi connectivity index (χ0) is 15.5. The van der Waals surface area contributed by atoms with Crippen LogP contribution in [0.15, 0.2) is 36.4 Å². The Kier molecular flexibility index (Phi) is 6.14. The maximum absolute atomic E-state index is 12.1. The van der Waals surface area contributed by atoms with Crippen molar-refractivity contribution in [2.75, 3.05) is 6.54 Å². The molecule has 0 radical (unpaired) electrons. The molecule has 22 heavy (non-hydrogen) atoms. The van der Waals surface area contributed by atoms with Crippen LogP contribution in [0.1, 0.15) is 48.6 Å². The molecule has 4 N–H and O–H groups in total. The zero-order valence-electron chi connectivity index (χ0n) is 13.1. The van der Waals surface area contributed by atoms with Gasteiger partial charge in [0.15, 0.2) is 0 Å². The van der Waals surface area contributed by atoms with Gasteiger partial charge in [-0.15, -0.1) is 12.4 Å². The molecule has 1 aromatic heterocycles. The second-order valence-electron chi connectivity index (χ2n) is 6.14. The molecule has 2 aromatic rings. The second kappa shape index (κ2) is 7.42. The van der Waals surface area contributed by atoms with Crippen molar-refractivity contribution in [3.63, 3.8) is 0 Å². The second-order valence-corrected chi connectivity index (χ2v) is 6.14. The quantitative estimate of drug-likeness (QED) is 0.809. The minimum absolute atomic E-state index is 0. The highest BCUT2D eigenvalue weighted by Crippen LogP contribution is 2.20. The van der Waals surface area contributed by atoms with E-state index in [1.54, 1.807) is 6.07 Å². The number of nitrogens with two attached hydrogens (primary N) is 1. The van der Waals surface area contributed by atoms with E-state index in [1.165, 1.54) is 0 Å². The van der Waals surface area contributed by atoms with Crippen LogP contribution in [0.2, 0.25) is 0 Å². The molecule has 0 spiro atoms. The van der Waals surface area contributed by atoms with Crippen LogP contribution >= 0.6 is 12.4 Å². The molecule has 1 heterocycles. The summed E-state index contributed by atoms with van der Waals surface area (Å²) in [5, 5.41) is 9.77. The fourth-order valence-corrected chi connectivity index (χ4v) is 1.93. The van der Waals surface area contributed by atoms with Gasteiger partial charge in [0, 0.05) is 23.7 Å². The van der Waals surface area contributed by atoms with E-state index in [0.29, 0.717) is 12.2 Å². The van der Waals surface area contributed by atoms with Gasteiger partial charge in [0.05, 0.1) is 0 Å². The van der Waals surface area contributed by atoms with Gasteiger partial charge in [0.25, 0.3) is 5.91 Å². The van der Waals surface area contributed by atoms with E-state index in [1.807, 2.05) is 30.3 Å². The number of hydrogen-bond donors (Lipinski definition) is 3. The van der Waals surface area contributed by atoms with Gasteiger partial charge in [0.2, 0.25) is 0 Å². The maximum Gasteiger partial charge on any atom is 0.271 e. The Labute approximate surface area is 137 Å². The largest absolute Gasteiger partial charge is 0.349 e. The lowest BCUT2D eigenvalue weighted by Gasteiger charge is -2.14. The Hall–Kier alpha value is -1.85. The Morgan fingerprint density at radius 1 is 1.32 bits per heavy atom. The van der Waals surface area contributed by atoms with Gasteiger partial charge >= 0.3 is 0 Å². The van der Waals surface area contributed by atoms with Crippen molar-refractivity contribution in [2.45, 2.75) is 32.2 Å². The molecular weight excluding hydrogens is 300 g/mol. The molecule has 0 bridgehead atoms. The third-order valence-electron chi connectivity index (χ3n) is 3.33. The lowest BCUT2D eigenvalue weighted by Crippen LogP contribution is -2.32. The van der Waals surface area contributed by atoms with Gasteiger partial charge in [0.1, 0.15) is 5.69 Å². The first-order valence-electron chi connectivity index (χ1n) is 7.02. The van der Waals surface area contributed by atoms with Crippen LogP contribution in [0.4, 0.5) is 0 Å². The van der Waals surface area contributed by atoms with Crippen LogP contribution in [0.3, 0.4) is 0 Å². The SMILES string of the molecule is CC(C)(C)c1cc(C(=O)NCC(N)c2ccccc2)n[nH]1.Cl. The number of halogens is 1. The van der Waals surface area contributed by atoms with Gasteiger partial charge in [-0.3, -0.25) is 9.89 Å². The summed E-state index contributed by atoms with van der Waals surface area (Å²) in [4.78, 5) is 12.1. The number of aromatic nitrogens is 2. The van der Waals surface area contributed by atoms with Gasteiger partial charge in [-0.1, -0.05) is 51.1 Å². The molecule has 5 nitrogen and oxygen atoms in total. The van der Waals surface area contributed by atoms with Gasteiger partial charge in [-0.2, -0.15) is 5.10 Å². The van der Waals surface area contributed by atoms with Crippen molar-refractivity contribution in [3.05, 3.63) is 53.3 Å². The van der Waals surface area contributed by atoms with Crippen LogP contribution in [-0.4, -0.2) is 22.6 Å². The maximum atomic E-state index is 12.1. The van der Waals surface area contributed by atoms with E-state index in [2.05, 4.69) is 36.3 Å². The first-order chi connectivity index (χ1) is 9.88. The average molecular weight is 323 g/mol. The summed E-state index contributed by atoms with van der Waals surface area (Å²) in [6.07, 6.45) is 0. The average Bonchev–Trinajstić information content (AvgIpc) is 2.95. The first kappa shape index (κ1) is 18.2. The summed E-state index contributed by atoms with van der Waals surface area (Å²) >= 11 is 0. The van der Waals surface area contributed by atoms with Gasteiger partial charge < -0.3 is 11.1 Å². The highest BCUT2D eigenvalue weighted by atomic mass is 35.5. The van der Waals surface area contributed by atoms with Crippen molar-refractivity contribution in [3.8, 4) is 0 Å². The third kappa shape index (κ3) is 4.58. The highest BCUT2D eigenvalue weighted by Gasteiger charge is 2.19. The Balaban J connectivity index is 0.00000242. The Bertz CT molecular complexity index is 604. The van der Waals surface area contributed by atoms with Crippen molar-refractivity contribution >= 4 is 18.3 Å². The van der Waals surface area contributed by atoms with Crippen LogP contribution in [0.25, 0.3) is 0 Å². The van der Waals surface area contributed by atoms with Gasteiger partial charge in [-0.25, -0.2) is 0 Å². The summed E-state index contributed by atoms with van der Waals surface area (Å²) in [7, 11) is 0. The fourth-order valence-electron chi connectivity index (χ4n) is 1.93. The number of nitrogens with zero attached hydrogens (tertiary/aromatic N) is 1. The first-order valence-corrected chi connectivity index (χ1v) is 7.02. The summed E-state index contributed by atoms with van der Waals surface area (Å²) in [5.74, 6) is -0.215. The summed E-state index contributed by atoms with van der Waals surface area (Å²) in [6, 6.07) is 11.2. The number of carbonyl (C=O) groups excluding carboxylic acids is 1. The number of aromatic amines is 1. The fraction of sp³-hybridized carbons (Fsp3) is 0.375.